The molecule has 2 aromatic rings. The number of hydrogen-bond donors (Lipinski definition) is 0. The van der Waals surface area contributed by atoms with Crippen LogP contribution in [-0.4, -0.2) is 47.9 Å². The lowest BCUT2D eigenvalue weighted by Gasteiger charge is -2.27. The third-order valence-electron chi connectivity index (χ3n) is 4.68. The van der Waals surface area contributed by atoms with E-state index in [1.807, 2.05) is 0 Å². The molecule has 1 aromatic carbocycles. The molecule has 1 unspecified atom stereocenters. The molecule has 0 N–H and O–H groups in total. The van der Waals surface area contributed by atoms with Gasteiger partial charge in [-0.1, -0.05) is 11.3 Å². The normalized spacial score (nSPS) is 19.7. The van der Waals surface area contributed by atoms with Gasteiger partial charge in [0.25, 0.3) is 0 Å². The summed E-state index contributed by atoms with van der Waals surface area (Å²) in [6.45, 7) is 3.68. The number of hydrogen-bond acceptors (Lipinski definition) is 5. The average molecular weight is 413 g/mol. The number of benzene rings is 1. The number of rotatable bonds is 3. The minimum atomic E-state index is -3.16. The Kier molecular flexibility index (Phi) is 5.53. The summed E-state index contributed by atoms with van der Waals surface area (Å²) >= 11 is 1.04. The van der Waals surface area contributed by atoms with Crippen LogP contribution in [0.15, 0.2) is 29.1 Å². The molecule has 0 bridgehead atoms. The van der Waals surface area contributed by atoms with Crippen LogP contribution >= 0.6 is 11.3 Å². The fourth-order valence-corrected chi connectivity index (χ4v) is 5.94. The van der Waals surface area contributed by atoms with Gasteiger partial charge in [0, 0.05) is 17.5 Å². The summed E-state index contributed by atoms with van der Waals surface area (Å²) in [6.07, 6.45) is 0.390. The predicted octanol–water partition coefficient (Wildman–Crippen LogP) is 2.06. The maximum atomic E-state index is 13.2. The van der Waals surface area contributed by atoms with Gasteiger partial charge in [0.2, 0.25) is 5.91 Å². The smallest absolute Gasteiger partial charge is 0.308 e. The van der Waals surface area contributed by atoms with Crippen LogP contribution in [0.5, 0.6) is 0 Å². The van der Waals surface area contributed by atoms with Crippen molar-refractivity contribution in [2.45, 2.75) is 32.9 Å². The van der Waals surface area contributed by atoms with Crippen LogP contribution in [0.3, 0.4) is 0 Å². The second-order valence-electron chi connectivity index (χ2n) is 6.77. The van der Waals surface area contributed by atoms with Crippen molar-refractivity contribution in [3.8, 4) is 11.3 Å². The topological polar surface area (TPSA) is 76.5 Å². The van der Waals surface area contributed by atoms with E-state index < -0.39 is 15.9 Å². The van der Waals surface area contributed by atoms with Gasteiger partial charge in [-0.2, -0.15) is 0 Å². The van der Waals surface area contributed by atoms with Crippen LogP contribution in [0.2, 0.25) is 0 Å². The molecule has 1 saturated heterocycles. The molecule has 1 aliphatic rings. The van der Waals surface area contributed by atoms with Gasteiger partial charge in [-0.15, -0.1) is 0 Å². The lowest BCUT2D eigenvalue weighted by Crippen LogP contribution is -2.43. The van der Waals surface area contributed by atoms with Gasteiger partial charge >= 0.3 is 4.87 Å². The molecule has 0 spiro atoms. The quantitative estimate of drug-likeness (QED) is 0.773. The molecule has 146 valence electrons. The largest absolute Gasteiger partial charge is 0.337 e. The Bertz CT molecular complexity index is 1010. The standard InChI is InChI=1S/C18H21FN2O4S2/c1-12-11-27(24,25)9-3-8-20(12)16(22)10-21-17(13(2)26-18(21)23)14-4-6-15(19)7-5-14/h4-7,12H,3,8-11H2,1-2H3. The van der Waals surface area contributed by atoms with Crippen molar-refractivity contribution < 1.29 is 17.6 Å². The third kappa shape index (κ3) is 4.30. The number of aryl methyl sites for hydroxylation is 1. The van der Waals surface area contributed by atoms with E-state index in [2.05, 4.69) is 0 Å². The minimum absolute atomic E-state index is 0.0683. The van der Waals surface area contributed by atoms with Crippen molar-refractivity contribution >= 4 is 27.1 Å². The van der Waals surface area contributed by atoms with Gasteiger partial charge in [0.15, 0.2) is 9.84 Å². The van der Waals surface area contributed by atoms with Crippen LogP contribution in [-0.2, 0) is 21.2 Å². The molecule has 1 fully saturated rings. The summed E-state index contributed by atoms with van der Waals surface area (Å²) < 4.78 is 38.4. The summed E-state index contributed by atoms with van der Waals surface area (Å²) in [4.78, 5) is 27.3. The molecule has 27 heavy (non-hydrogen) atoms. The van der Waals surface area contributed by atoms with Crippen molar-refractivity contribution in [3.63, 3.8) is 0 Å². The molecule has 9 heteroatoms. The number of amides is 1. The summed E-state index contributed by atoms with van der Waals surface area (Å²) in [5.74, 6) is -0.667. The number of nitrogens with zero attached hydrogens (tertiary/aromatic N) is 2. The first-order valence-corrected chi connectivity index (χ1v) is 11.3. The summed E-state index contributed by atoms with van der Waals surface area (Å²) in [5, 5.41) is 0. The van der Waals surface area contributed by atoms with Gasteiger partial charge in [0.1, 0.15) is 12.4 Å². The van der Waals surface area contributed by atoms with Gasteiger partial charge in [-0.25, -0.2) is 12.8 Å². The van der Waals surface area contributed by atoms with Crippen molar-refractivity contribution in [1.82, 2.24) is 9.47 Å². The van der Waals surface area contributed by atoms with Crippen molar-refractivity contribution in [2.24, 2.45) is 0 Å². The Morgan fingerprint density at radius 2 is 1.96 bits per heavy atom. The maximum absolute atomic E-state index is 13.2. The zero-order valence-electron chi connectivity index (χ0n) is 15.1. The Labute approximate surface area is 161 Å². The molecule has 2 heterocycles. The van der Waals surface area contributed by atoms with E-state index in [0.717, 1.165) is 16.2 Å². The van der Waals surface area contributed by atoms with Crippen LogP contribution in [0.4, 0.5) is 4.39 Å². The second-order valence-corrected chi connectivity index (χ2v) is 10.2. The first-order valence-electron chi connectivity index (χ1n) is 8.64. The van der Waals surface area contributed by atoms with Gasteiger partial charge in [0.05, 0.1) is 17.2 Å². The highest BCUT2D eigenvalue weighted by Gasteiger charge is 2.29. The summed E-state index contributed by atoms with van der Waals surface area (Å²) in [6, 6.07) is 5.34. The Balaban J connectivity index is 1.90. The molecule has 1 aromatic heterocycles. The first kappa shape index (κ1) is 19.8. The molecular formula is C18H21FN2O4S2. The lowest BCUT2D eigenvalue weighted by atomic mass is 10.1. The van der Waals surface area contributed by atoms with Gasteiger partial charge < -0.3 is 4.90 Å². The van der Waals surface area contributed by atoms with E-state index in [4.69, 9.17) is 0 Å². The van der Waals surface area contributed by atoms with Crippen molar-refractivity contribution in [1.29, 1.82) is 0 Å². The number of sulfone groups is 1. The molecule has 1 amide bonds. The molecule has 0 saturated carbocycles. The fraction of sp³-hybridized carbons (Fsp3) is 0.444. The predicted molar refractivity (Wildman–Crippen MR) is 103 cm³/mol. The maximum Gasteiger partial charge on any atom is 0.308 e. The fourth-order valence-electron chi connectivity index (χ4n) is 3.44. The molecule has 1 aliphatic heterocycles. The summed E-state index contributed by atoms with van der Waals surface area (Å²) in [5.41, 5.74) is 1.25. The highest BCUT2D eigenvalue weighted by molar-refractivity contribution is 7.91. The number of thiazole rings is 1. The Hall–Kier alpha value is -2.00. The number of aromatic nitrogens is 1. The highest BCUT2D eigenvalue weighted by Crippen LogP contribution is 2.26. The van der Waals surface area contributed by atoms with Crippen molar-refractivity contribution in [3.05, 3.63) is 44.6 Å². The van der Waals surface area contributed by atoms with Gasteiger partial charge in [-0.05, 0) is 50.1 Å². The van der Waals surface area contributed by atoms with Gasteiger partial charge in [-0.3, -0.25) is 14.2 Å². The van der Waals surface area contributed by atoms with Crippen LogP contribution < -0.4 is 4.87 Å². The molecule has 0 aliphatic carbocycles. The highest BCUT2D eigenvalue weighted by atomic mass is 32.2. The van der Waals surface area contributed by atoms with Crippen LogP contribution in [0, 0.1) is 12.7 Å². The monoisotopic (exact) mass is 412 g/mol. The third-order valence-corrected chi connectivity index (χ3v) is 7.47. The number of carbonyl (C=O) groups excluding carboxylic acids is 1. The molecule has 1 atom stereocenters. The number of halogens is 1. The van der Waals surface area contributed by atoms with E-state index in [1.54, 1.807) is 30.9 Å². The second kappa shape index (κ2) is 7.55. The van der Waals surface area contributed by atoms with Crippen molar-refractivity contribution in [2.75, 3.05) is 18.1 Å². The summed E-state index contributed by atoms with van der Waals surface area (Å²) in [7, 11) is -3.16. The van der Waals surface area contributed by atoms with E-state index >= 15 is 0 Å². The number of carbonyl (C=O) groups is 1. The van der Waals surface area contributed by atoms with E-state index in [-0.39, 0.29) is 34.6 Å². The van der Waals surface area contributed by atoms with E-state index in [0.29, 0.717) is 24.2 Å². The molecule has 0 radical (unpaired) electrons. The Morgan fingerprint density at radius 1 is 1.30 bits per heavy atom. The Morgan fingerprint density at radius 3 is 2.63 bits per heavy atom. The van der Waals surface area contributed by atoms with Crippen LogP contribution in [0.1, 0.15) is 18.2 Å². The molecule has 3 rings (SSSR count). The molecule has 6 nitrogen and oxygen atoms in total. The average Bonchev–Trinajstić information content (AvgIpc) is 2.76. The van der Waals surface area contributed by atoms with Crippen LogP contribution in [0.25, 0.3) is 11.3 Å². The minimum Gasteiger partial charge on any atom is -0.337 e. The lowest BCUT2D eigenvalue weighted by molar-refractivity contribution is -0.133. The first-order chi connectivity index (χ1) is 12.7. The zero-order valence-corrected chi connectivity index (χ0v) is 16.8. The zero-order chi connectivity index (χ0) is 19.8. The van der Waals surface area contributed by atoms with E-state index in [1.165, 1.54) is 16.7 Å². The molecular weight excluding hydrogens is 391 g/mol. The van der Waals surface area contributed by atoms with E-state index in [9.17, 15) is 22.4 Å². The SMILES string of the molecule is Cc1sc(=O)n(CC(=O)N2CCCS(=O)(=O)CC2C)c1-c1ccc(F)cc1.